The molecule has 0 heterocycles. The zero-order chi connectivity index (χ0) is 18.2. The van der Waals surface area contributed by atoms with Crippen molar-refractivity contribution in [1.29, 1.82) is 0 Å². The first-order chi connectivity index (χ1) is 10.6. The lowest BCUT2D eigenvalue weighted by atomic mass is 9.85. The summed E-state index contributed by atoms with van der Waals surface area (Å²) in [6.45, 7) is 8.73. The maximum Gasteiger partial charge on any atom is 0.333 e. The van der Waals surface area contributed by atoms with E-state index in [9.17, 15) is 19.2 Å². The number of carbonyl (C=O) groups excluding carboxylic acids is 4. The molecule has 23 heavy (non-hydrogen) atoms. The summed E-state index contributed by atoms with van der Waals surface area (Å²) in [6, 6.07) is 0. The van der Waals surface area contributed by atoms with E-state index < -0.39 is 41.4 Å². The summed E-state index contributed by atoms with van der Waals surface area (Å²) < 4.78 is 14.8. The number of hydrogen-bond acceptors (Lipinski definition) is 7. The van der Waals surface area contributed by atoms with Crippen LogP contribution < -0.4 is 5.32 Å². The second-order valence-electron chi connectivity index (χ2n) is 5.27. The van der Waals surface area contributed by atoms with Crippen LogP contribution in [-0.2, 0) is 33.4 Å². The van der Waals surface area contributed by atoms with Gasteiger partial charge in [0.05, 0.1) is 19.3 Å². The maximum atomic E-state index is 12.4. The predicted octanol–water partition coefficient (Wildman–Crippen LogP) is 0.575. The molecule has 0 saturated carbocycles. The molecule has 0 aromatic heterocycles. The van der Waals surface area contributed by atoms with Crippen LogP contribution in [0.3, 0.4) is 0 Å². The van der Waals surface area contributed by atoms with Crippen LogP contribution in [0.25, 0.3) is 0 Å². The molecule has 1 unspecified atom stereocenters. The Bertz CT molecular complexity index is 443. The van der Waals surface area contributed by atoms with Gasteiger partial charge in [-0.2, -0.15) is 0 Å². The van der Waals surface area contributed by atoms with Gasteiger partial charge in [-0.15, -0.1) is 0 Å². The minimum Gasteiger partial charge on any atom is -0.465 e. The van der Waals surface area contributed by atoms with Gasteiger partial charge in [0.15, 0.2) is 11.5 Å². The molecule has 132 valence electrons. The summed E-state index contributed by atoms with van der Waals surface area (Å²) >= 11 is 0. The largest absolute Gasteiger partial charge is 0.465 e. The Hall–Kier alpha value is -2.12. The normalized spacial score (nSPS) is 13.2. The number of nitrogens with one attached hydrogen (secondary N) is 1. The SMILES string of the molecule is CCOC(=O)C(C(=O)OCC)C(C)(NC(C)=O)C(=O)OC(C)C. The first kappa shape index (κ1) is 20.9. The van der Waals surface area contributed by atoms with Gasteiger partial charge in [-0.05, 0) is 34.6 Å². The van der Waals surface area contributed by atoms with Crippen molar-refractivity contribution in [3.63, 3.8) is 0 Å². The monoisotopic (exact) mass is 331 g/mol. The Morgan fingerprint density at radius 3 is 1.74 bits per heavy atom. The lowest BCUT2D eigenvalue weighted by Crippen LogP contribution is -2.62. The molecular weight excluding hydrogens is 306 g/mol. The summed E-state index contributed by atoms with van der Waals surface area (Å²) in [4.78, 5) is 48.3. The molecule has 0 radical (unpaired) electrons. The molecule has 1 N–H and O–H groups in total. The fourth-order valence-electron chi connectivity index (χ4n) is 1.96. The summed E-state index contributed by atoms with van der Waals surface area (Å²) in [5, 5.41) is 2.32. The number of esters is 3. The number of hydrogen-bond donors (Lipinski definition) is 1. The molecule has 0 aromatic carbocycles. The van der Waals surface area contributed by atoms with Crippen molar-refractivity contribution in [2.75, 3.05) is 13.2 Å². The first-order valence-electron chi connectivity index (χ1n) is 7.43. The van der Waals surface area contributed by atoms with Crippen molar-refractivity contribution < 1.29 is 33.4 Å². The molecule has 0 saturated heterocycles. The van der Waals surface area contributed by atoms with E-state index in [2.05, 4.69) is 5.32 Å². The molecule has 1 atom stereocenters. The van der Waals surface area contributed by atoms with E-state index in [-0.39, 0.29) is 13.2 Å². The third kappa shape index (κ3) is 5.88. The van der Waals surface area contributed by atoms with Crippen LogP contribution in [-0.4, -0.2) is 48.7 Å². The minimum atomic E-state index is -1.94. The van der Waals surface area contributed by atoms with E-state index in [4.69, 9.17) is 14.2 Å². The Labute approximate surface area is 135 Å². The maximum absolute atomic E-state index is 12.4. The predicted molar refractivity (Wildman–Crippen MR) is 80.2 cm³/mol. The summed E-state index contributed by atoms with van der Waals surface area (Å²) in [5.41, 5.74) is -1.94. The lowest BCUT2D eigenvalue weighted by Gasteiger charge is -2.33. The summed E-state index contributed by atoms with van der Waals surface area (Å²) in [6.07, 6.45) is -0.499. The molecule has 1 amide bonds. The summed E-state index contributed by atoms with van der Waals surface area (Å²) in [7, 11) is 0. The second kappa shape index (κ2) is 9.12. The summed E-state index contributed by atoms with van der Waals surface area (Å²) in [5.74, 6) is -5.14. The molecule has 0 aromatic rings. The molecule has 0 aliphatic heterocycles. The highest BCUT2D eigenvalue weighted by Crippen LogP contribution is 2.24. The zero-order valence-corrected chi connectivity index (χ0v) is 14.4. The lowest BCUT2D eigenvalue weighted by molar-refractivity contribution is -0.176. The number of carbonyl (C=O) groups is 4. The molecule has 0 bridgehead atoms. The molecule has 0 aliphatic carbocycles. The van der Waals surface area contributed by atoms with Gasteiger partial charge in [-0.25, -0.2) is 4.79 Å². The Kier molecular flexibility index (Phi) is 8.28. The Morgan fingerprint density at radius 2 is 1.43 bits per heavy atom. The van der Waals surface area contributed by atoms with Gasteiger partial charge >= 0.3 is 17.9 Å². The quantitative estimate of drug-likeness (QED) is 0.393. The van der Waals surface area contributed by atoms with E-state index in [0.717, 1.165) is 6.92 Å². The molecule has 0 aliphatic rings. The highest BCUT2D eigenvalue weighted by Gasteiger charge is 2.53. The Balaban J connectivity index is 5.87. The number of amides is 1. The average molecular weight is 331 g/mol. The van der Waals surface area contributed by atoms with E-state index in [0.29, 0.717) is 0 Å². The first-order valence-corrected chi connectivity index (χ1v) is 7.43. The van der Waals surface area contributed by atoms with Crippen LogP contribution in [0.15, 0.2) is 0 Å². The van der Waals surface area contributed by atoms with Gasteiger partial charge in [-0.3, -0.25) is 14.4 Å². The van der Waals surface area contributed by atoms with E-state index >= 15 is 0 Å². The fourth-order valence-corrected chi connectivity index (χ4v) is 1.96. The van der Waals surface area contributed by atoms with Crippen molar-refractivity contribution >= 4 is 23.8 Å². The van der Waals surface area contributed by atoms with Crippen molar-refractivity contribution in [2.24, 2.45) is 5.92 Å². The standard InChI is InChI=1S/C15H25NO7/c1-7-21-12(18)11(13(19)22-8-2)15(6,16-10(5)17)14(20)23-9(3)4/h9,11H,7-8H2,1-6H3,(H,16,17). The smallest absolute Gasteiger partial charge is 0.333 e. The average Bonchev–Trinajstić information content (AvgIpc) is 2.37. The molecule has 0 fully saturated rings. The Morgan fingerprint density at radius 1 is 1.00 bits per heavy atom. The fraction of sp³-hybridized carbons (Fsp3) is 0.733. The van der Waals surface area contributed by atoms with Crippen LogP contribution in [0.5, 0.6) is 0 Å². The second-order valence-corrected chi connectivity index (χ2v) is 5.27. The van der Waals surface area contributed by atoms with Gasteiger partial charge in [0.25, 0.3) is 0 Å². The van der Waals surface area contributed by atoms with Crippen molar-refractivity contribution in [2.45, 2.75) is 53.2 Å². The van der Waals surface area contributed by atoms with E-state index in [1.54, 1.807) is 27.7 Å². The molecule has 0 rings (SSSR count). The molecular formula is C15H25NO7. The number of rotatable bonds is 8. The third-order valence-corrected chi connectivity index (χ3v) is 2.82. The van der Waals surface area contributed by atoms with Gasteiger partial charge in [0, 0.05) is 6.92 Å². The molecule has 0 spiro atoms. The van der Waals surface area contributed by atoms with Crippen molar-refractivity contribution in [3.8, 4) is 0 Å². The van der Waals surface area contributed by atoms with E-state index in [1.165, 1.54) is 6.92 Å². The van der Waals surface area contributed by atoms with Gasteiger partial charge < -0.3 is 19.5 Å². The van der Waals surface area contributed by atoms with Crippen LogP contribution in [0.2, 0.25) is 0 Å². The highest BCUT2D eigenvalue weighted by molar-refractivity contribution is 6.04. The third-order valence-electron chi connectivity index (χ3n) is 2.82. The van der Waals surface area contributed by atoms with Crippen LogP contribution in [0.1, 0.15) is 41.5 Å². The van der Waals surface area contributed by atoms with Crippen LogP contribution in [0.4, 0.5) is 0 Å². The number of ether oxygens (including phenoxy) is 3. The van der Waals surface area contributed by atoms with Crippen LogP contribution >= 0.6 is 0 Å². The van der Waals surface area contributed by atoms with Gasteiger partial charge in [-0.1, -0.05) is 0 Å². The van der Waals surface area contributed by atoms with Gasteiger partial charge in [0.2, 0.25) is 5.91 Å². The minimum absolute atomic E-state index is 0.00409. The van der Waals surface area contributed by atoms with E-state index in [1.807, 2.05) is 0 Å². The highest BCUT2D eigenvalue weighted by atomic mass is 16.6. The van der Waals surface area contributed by atoms with Gasteiger partial charge in [0.1, 0.15) is 0 Å². The zero-order valence-electron chi connectivity index (χ0n) is 14.4. The topological polar surface area (TPSA) is 108 Å². The molecule has 8 nitrogen and oxygen atoms in total. The van der Waals surface area contributed by atoms with Crippen molar-refractivity contribution in [3.05, 3.63) is 0 Å². The molecule has 8 heteroatoms. The van der Waals surface area contributed by atoms with Crippen molar-refractivity contribution in [1.82, 2.24) is 5.32 Å². The van der Waals surface area contributed by atoms with Crippen LogP contribution in [0, 0.1) is 5.92 Å².